The smallest absolute Gasteiger partial charge is 0.351 e. The Morgan fingerprint density at radius 3 is 2.71 bits per heavy atom. The number of aryl methyl sites for hydroxylation is 1. The van der Waals surface area contributed by atoms with Crippen molar-refractivity contribution < 1.29 is 9.59 Å². The Morgan fingerprint density at radius 2 is 2.29 bits per heavy atom. The number of nitrogens with two attached hydrogens (primary N) is 1. The van der Waals surface area contributed by atoms with E-state index in [2.05, 4.69) is 4.99 Å². The van der Waals surface area contributed by atoms with Crippen molar-refractivity contribution in [3.05, 3.63) is 15.9 Å². The summed E-state index contributed by atoms with van der Waals surface area (Å²) in [6.45, 7) is 1.89. The summed E-state index contributed by atoms with van der Waals surface area (Å²) in [6, 6.07) is -1.66. The number of hydrogen-bond acceptors (Lipinski definition) is 3. The molecule has 0 aromatic carbocycles. The molecule has 0 aliphatic heterocycles. The Labute approximate surface area is 84.1 Å². The summed E-state index contributed by atoms with van der Waals surface area (Å²) in [5.41, 5.74) is 5.74. The minimum atomic E-state index is -0.908. The van der Waals surface area contributed by atoms with Gasteiger partial charge in [0.2, 0.25) is 0 Å². The zero-order chi connectivity index (χ0) is 10.7. The molecular formula is C7H10N4O2S. The van der Waals surface area contributed by atoms with Gasteiger partial charge in [0, 0.05) is 18.1 Å². The average molecular weight is 214 g/mol. The summed E-state index contributed by atoms with van der Waals surface area (Å²) >= 11 is 1.31. The molecule has 1 rings (SSSR count). The Balaban J connectivity index is 2.94. The molecule has 0 atom stereocenters. The number of urea groups is 2. The predicted octanol–water partition coefficient (Wildman–Crippen LogP) is 0.0840. The van der Waals surface area contributed by atoms with E-state index in [1.807, 2.05) is 17.6 Å². The fourth-order valence-electron chi connectivity index (χ4n) is 0.769. The molecule has 1 aromatic heterocycles. The SMILES string of the molecule is Cc1csc(=NC(=O)NC(N)=O)n1C. The lowest BCUT2D eigenvalue weighted by Crippen LogP contribution is -2.34. The average Bonchev–Trinajstić information content (AvgIpc) is 2.34. The van der Waals surface area contributed by atoms with Crippen molar-refractivity contribution in [3.8, 4) is 0 Å². The van der Waals surface area contributed by atoms with Gasteiger partial charge in [-0.15, -0.1) is 11.3 Å². The third-order valence-corrected chi connectivity index (χ3v) is 2.61. The van der Waals surface area contributed by atoms with Gasteiger partial charge in [0.25, 0.3) is 0 Å². The first-order chi connectivity index (χ1) is 6.50. The molecule has 0 saturated heterocycles. The molecule has 0 radical (unpaired) electrons. The first-order valence-corrected chi connectivity index (χ1v) is 4.65. The lowest BCUT2D eigenvalue weighted by atomic mass is 10.6. The Hall–Kier alpha value is -1.63. The van der Waals surface area contributed by atoms with E-state index in [1.165, 1.54) is 11.3 Å². The minimum Gasteiger partial charge on any atom is -0.351 e. The number of hydrogen-bond donors (Lipinski definition) is 2. The first kappa shape index (κ1) is 10.5. The van der Waals surface area contributed by atoms with Crippen molar-refractivity contribution in [1.82, 2.24) is 9.88 Å². The number of thiazole rings is 1. The predicted molar refractivity (Wildman–Crippen MR) is 51.7 cm³/mol. The van der Waals surface area contributed by atoms with Crippen molar-refractivity contribution in [3.63, 3.8) is 0 Å². The summed E-state index contributed by atoms with van der Waals surface area (Å²) in [4.78, 5) is 25.5. The van der Waals surface area contributed by atoms with Crippen LogP contribution in [-0.2, 0) is 7.05 Å². The molecule has 3 N–H and O–H groups in total. The maximum atomic E-state index is 11.0. The van der Waals surface area contributed by atoms with Crippen LogP contribution < -0.4 is 15.9 Å². The third kappa shape index (κ3) is 2.43. The molecule has 7 heteroatoms. The number of aromatic nitrogens is 1. The number of amides is 4. The van der Waals surface area contributed by atoms with E-state index in [0.29, 0.717) is 4.80 Å². The molecule has 6 nitrogen and oxygen atoms in total. The summed E-state index contributed by atoms with van der Waals surface area (Å²) in [5.74, 6) is 0. The van der Waals surface area contributed by atoms with E-state index in [-0.39, 0.29) is 0 Å². The van der Waals surface area contributed by atoms with E-state index in [9.17, 15) is 9.59 Å². The van der Waals surface area contributed by atoms with Crippen LogP contribution >= 0.6 is 11.3 Å². The topological polar surface area (TPSA) is 89.5 Å². The molecule has 0 aliphatic carbocycles. The lowest BCUT2D eigenvalue weighted by molar-refractivity contribution is 0.236. The van der Waals surface area contributed by atoms with Gasteiger partial charge in [0.05, 0.1) is 0 Å². The second-order valence-corrected chi connectivity index (χ2v) is 3.46. The van der Waals surface area contributed by atoms with E-state index in [4.69, 9.17) is 5.73 Å². The molecule has 0 bridgehead atoms. The highest BCUT2D eigenvalue weighted by molar-refractivity contribution is 7.07. The molecular weight excluding hydrogens is 204 g/mol. The number of carbonyl (C=O) groups is 2. The van der Waals surface area contributed by atoms with Crippen LogP contribution in [0.1, 0.15) is 5.69 Å². The van der Waals surface area contributed by atoms with Crippen LogP contribution in [0.15, 0.2) is 10.4 Å². The first-order valence-electron chi connectivity index (χ1n) is 3.77. The van der Waals surface area contributed by atoms with Crippen molar-refractivity contribution in [2.24, 2.45) is 17.8 Å². The zero-order valence-electron chi connectivity index (χ0n) is 7.77. The van der Waals surface area contributed by atoms with E-state index in [1.54, 1.807) is 11.6 Å². The molecule has 1 heterocycles. The van der Waals surface area contributed by atoms with Crippen molar-refractivity contribution >= 4 is 23.4 Å². The molecule has 1 aromatic rings. The second-order valence-electron chi connectivity index (χ2n) is 2.62. The number of imide groups is 1. The van der Waals surface area contributed by atoms with Gasteiger partial charge in [0.15, 0.2) is 4.80 Å². The highest BCUT2D eigenvalue weighted by Crippen LogP contribution is 1.96. The summed E-state index contributed by atoms with van der Waals surface area (Å²) in [7, 11) is 1.78. The third-order valence-electron chi connectivity index (χ3n) is 1.58. The van der Waals surface area contributed by atoms with Crippen molar-refractivity contribution in [2.75, 3.05) is 0 Å². The van der Waals surface area contributed by atoms with Gasteiger partial charge in [-0.05, 0) is 6.92 Å². The Morgan fingerprint density at radius 1 is 1.64 bits per heavy atom. The van der Waals surface area contributed by atoms with Crippen LogP contribution in [0.3, 0.4) is 0 Å². The van der Waals surface area contributed by atoms with Crippen molar-refractivity contribution in [1.29, 1.82) is 0 Å². The molecule has 0 saturated carbocycles. The largest absolute Gasteiger partial charge is 0.351 e. The second kappa shape index (κ2) is 4.05. The zero-order valence-corrected chi connectivity index (χ0v) is 8.59. The molecule has 0 unspecified atom stereocenters. The highest BCUT2D eigenvalue weighted by atomic mass is 32.1. The summed E-state index contributed by atoms with van der Waals surface area (Å²) < 4.78 is 1.74. The van der Waals surface area contributed by atoms with Crippen molar-refractivity contribution in [2.45, 2.75) is 6.92 Å². The maximum Gasteiger partial charge on any atom is 0.351 e. The summed E-state index contributed by atoms with van der Waals surface area (Å²) in [5, 5.41) is 3.71. The van der Waals surface area contributed by atoms with E-state index >= 15 is 0 Å². The van der Waals surface area contributed by atoms with Crippen LogP contribution in [-0.4, -0.2) is 16.6 Å². The number of primary amides is 1. The van der Waals surface area contributed by atoms with Gasteiger partial charge in [-0.2, -0.15) is 4.99 Å². The number of nitrogens with one attached hydrogen (secondary N) is 1. The minimum absolute atomic E-state index is 0.515. The van der Waals surface area contributed by atoms with Gasteiger partial charge >= 0.3 is 12.1 Å². The van der Waals surface area contributed by atoms with Gasteiger partial charge in [-0.25, -0.2) is 9.59 Å². The van der Waals surface area contributed by atoms with Crippen LogP contribution in [0.2, 0.25) is 0 Å². The van der Waals surface area contributed by atoms with Crippen LogP contribution in [0.5, 0.6) is 0 Å². The van der Waals surface area contributed by atoms with Crippen LogP contribution in [0.25, 0.3) is 0 Å². The van der Waals surface area contributed by atoms with E-state index < -0.39 is 12.1 Å². The fraction of sp³-hybridized carbons (Fsp3) is 0.286. The normalized spacial score (nSPS) is 11.4. The molecule has 0 spiro atoms. The Bertz CT molecular complexity index is 431. The standard InChI is InChI=1S/C7H10N4O2S/c1-4-3-14-7(11(4)2)10-6(13)9-5(8)12/h3H,1-2H3,(H3,8,9,12,13). The van der Waals surface area contributed by atoms with Gasteiger partial charge in [-0.3, -0.25) is 5.32 Å². The molecule has 4 amide bonds. The van der Waals surface area contributed by atoms with Crippen LogP contribution in [0, 0.1) is 6.92 Å². The van der Waals surface area contributed by atoms with Gasteiger partial charge in [-0.1, -0.05) is 0 Å². The Kier molecular flexibility index (Phi) is 3.03. The van der Waals surface area contributed by atoms with Gasteiger partial charge < -0.3 is 10.3 Å². The maximum absolute atomic E-state index is 11.0. The van der Waals surface area contributed by atoms with Crippen LogP contribution in [0.4, 0.5) is 9.59 Å². The molecule has 0 aliphatic rings. The molecule has 0 fully saturated rings. The molecule has 76 valence electrons. The fourth-order valence-corrected chi connectivity index (χ4v) is 1.64. The molecule has 14 heavy (non-hydrogen) atoms. The number of carbonyl (C=O) groups excluding carboxylic acids is 2. The quantitative estimate of drug-likeness (QED) is 0.640. The summed E-state index contributed by atoms with van der Waals surface area (Å²) in [6.07, 6.45) is 0. The number of nitrogens with zero attached hydrogens (tertiary/aromatic N) is 2. The number of rotatable bonds is 0. The van der Waals surface area contributed by atoms with E-state index in [0.717, 1.165) is 5.69 Å². The van der Waals surface area contributed by atoms with Gasteiger partial charge in [0.1, 0.15) is 0 Å². The highest BCUT2D eigenvalue weighted by Gasteiger charge is 2.02. The lowest BCUT2D eigenvalue weighted by Gasteiger charge is -1.94. The monoisotopic (exact) mass is 214 g/mol.